The summed E-state index contributed by atoms with van der Waals surface area (Å²) in [5, 5.41) is 0.958. The lowest BCUT2D eigenvalue weighted by Gasteiger charge is -2.13. The standard InChI is InChI=1S/C8H9FN2O/c1-6(12)11(10)8-4-2-7(9)3-5-8/h2-5H,10H2,1H3. The Kier molecular flexibility index (Phi) is 2.40. The molecule has 1 rings (SSSR count). The number of halogens is 1. The molecule has 0 saturated heterocycles. The largest absolute Gasteiger partial charge is 0.273 e. The molecule has 0 saturated carbocycles. The number of nitrogens with two attached hydrogens (primary N) is 1. The maximum absolute atomic E-state index is 12.4. The van der Waals surface area contributed by atoms with E-state index in [4.69, 9.17) is 5.84 Å². The van der Waals surface area contributed by atoms with Gasteiger partial charge in [-0.05, 0) is 24.3 Å². The number of amides is 1. The molecule has 0 aliphatic rings. The van der Waals surface area contributed by atoms with E-state index in [1.807, 2.05) is 0 Å². The molecule has 0 aliphatic carbocycles. The van der Waals surface area contributed by atoms with E-state index in [0.29, 0.717) is 5.69 Å². The minimum absolute atomic E-state index is 0.290. The van der Waals surface area contributed by atoms with Crippen molar-refractivity contribution in [2.24, 2.45) is 5.84 Å². The van der Waals surface area contributed by atoms with Gasteiger partial charge in [0.15, 0.2) is 0 Å². The van der Waals surface area contributed by atoms with Crippen LogP contribution in [-0.2, 0) is 4.79 Å². The number of carbonyl (C=O) groups is 1. The highest BCUT2D eigenvalue weighted by molar-refractivity contribution is 5.90. The van der Waals surface area contributed by atoms with Crippen molar-refractivity contribution < 1.29 is 9.18 Å². The van der Waals surface area contributed by atoms with E-state index in [2.05, 4.69) is 0 Å². The first-order valence-corrected chi connectivity index (χ1v) is 3.42. The van der Waals surface area contributed by atoms with Crippen LogP contribution in [-0.4, -0.2) is 5.91 Å². The van der Waals surface area contributed by atoms with Gasteiger partial charge in [-0.2, -0.15) is 0 Å². The Morgan fingerprint density at radius 3 is 2.33 bits per heavy atom. The van der Waals surface area contributed by atoms with Crippen LogP contribution in [0.25, 0.3) is 0 Å². The first-order valence-electron chi connectivity index (χ1n) is 3.42. The lowest BCUT2D eigenvalue weighted by atomic mass is 10.3. The van der Waals surface area contributed by atoms with Gasteiger partial charge in [-0.1, -0.05) is 0 Å². The van der Waals surface area contributed by atoms with Gasteiger partial charge in [0.1, 0.15) is 5.82 Å². The number of nitrogens with zero attached hydrogens (tertiary/aromatic N) is 1. The summed E-state index contributed by atoms with van der Waals surface area (Å²) in [6.45, 7) is 1.34. The van der Waals surface area contributed by atoms with Crippen molar-refractivity contribution in [3.8, 4) is 0 Å². The summed E-state index contributed by atoms with van der Waals surface area (Å²) < 4.78 is 12.4. The Balaban J connectivity index is 2.89. The Morgan fingerprint density at radius 2 is 1.92 bits per heavy atom. The third-order valence-corrected chi connectivity index (χ3v) is 1.44. The van der Waals surface area contributed by atoms with E-state index >= 15 is 0 Å². The predicted molar refractivity (Wildman–Crippen MR) is 43.7 cm³/mol. The van der Waals surface area contributed by atoms with Gasteiger partial charge in [0, 0.05) is 6.92 Å². The SMILES string of the molecule is CC(=O)N(N)c1ccc(F)cc1. The highest BCUT2D eigenvalue weighted by Crippen LogP contribution is 2.11. The van der Waals surface area contributed by atoms with Gasteiger partial charge >= 0.3 is 0 Å². The zero-order chi connectivity index (χ0) is 9.14. The van der Waals surface area contributed by atoms with Crippen LogP contribution in [0.4, 0.5) is 10.1 Å². The molecule has 4 heteroatoms. The lowest BCUT2D eigenvalue weighted by Crippen LogP contribution is -2.35. The van der Waals surface area contributed by atoms with Gasteiger partial charge in [-0.3, -0.25) is 4.79 Å². The molecule has 3 nitrogen and oxygen atoms in total. The van der Waals surface area contributed by atoms with Gasteiger partial charge < -0.3 is 0 Å². The molecule has 0 aromatic heterocycles. The van der Waals surface area contributed by atoms with Gasteiger partial charge in [-0.25, -0.2) is 15.2 Å². The highest BCUT2D eigenvalue weighted by atomic mass is 19.1. The van der Waals surface area contributed by atoms with Crippen molar-refractivity contribution in [2.45, 2.75) is 6.92 Å². The molecule has 0 fully saturated rings. The third kappa shape index (κ3) is 1.79. The van der Waals surface area contributed by atoms with E-state index in [1.165, 1.54) is 31.2 Å². The topological polar surface area (TPSA) is 46.3 Å². The summed E-state index contributed by atoms with van der Waals surface area (Å²) in [4.78, 5) is 10.7. The van der Waals surface area contributed by atoms with Crippen molar-refractivity contribution in [2.75, 3.05) is 5.01 Å². The number of benzene rings is 1. The summed E-state index contributed by atoms with van der Waals surface area (Å²) in [7, 11) is 0. The fraction of sp³-hybridized carbons (Fsp3) is 0.125. The molecule has 2 N–H and O–H groups in total. The Hall–Kier alpha value is -1.42. The zero-order valence-electron chi connectivity index (χ0n) is 6.62. The second-order valence-electron chi connectivity index (χ2n) is 2.37. The molecule has 1 aromatic rings. The van der Waals surface area contributed by atoms with Gasteiger partial charge in [0.05, 0.1) is 5.69 Å². The number of hydrogen-bond acceptors (Lipinski definition) is 2. The Bertz CT molecular complexity index is 284. The Morgan fingerprint density at radius 1 is 1.42 bits per heavy atom. The summed E-state index contributed by atoms with van der Waals surface area (Å²) in [5.74, 6) is 4.71. The van der Waals surface area contributed by atoms with Crippen LogP contribution >= 0.6 is 0 Å². The van der Waals surface area contributed by atoms with Crippen LogP contribution in [0.5, 0.6) is 0 Å². The maximum atomic E-state index is 12.4. The molecular weight excluding hydrogens is 159 g/mol. The molecule has 1 amide bonds. The molecule has 64 valence electrons. The van der Waals surface area contributed by atoms with Crippen LogP contribution < -0.4 is 10.9 Å². The van der Waals surface area contributed by atoms with E-state index < -0.39 is 0 Å². The fourth-order valence-corrected chi connectivity index (χ4v) is 0.783. The molecule has 0 unspecified atom stereocenters. The Labute approximate surface area is 69.6 Å². The summed E-state index contributed by atoms with van der Waals surface area (Å²) in [6.07, 6.45) is 0. The van der Waals surface area contributed by atoms with E-state index in [-0.39, 0.29) is 11.7 Å². The van der Waals surface area contributed by atoms with Gasteiger partial charge in [0.2, 0.25) is 5.91 Å². The van der Waals surface area contributed by atoms with Crippen molar-refractivity contribution >= 4 is 11.6 Å². The summed E-state index contributed by atoms with van der Waals surface area (Å²) >= 11 is 0. The number of hydrazine groups is 1. The van der Waals surface area contributed by atoms with Crippen LogP contribution in [0.3, 0.4) is 0 Å². The minimum atomic E-state index is -0.351. The molecule has 0 aliphatic heterocycles. The van der Waals surface area contributed by atoms with Crippen LogP contribution in [0, 0.1) is 5.82 Å². The van der Waals surface area contributed by atoms with Crippen molar-refractivity contribution in [3.05, 3.63) is 30.1 Å². The number of rotatable bonds is 1. The van der Waals surface area contributed by atoms with Crippen LogP contribution in [0.1, 0.15) is 6.92 Å². The number of hydrogen-bond donors (Lipinski definition) is 1. The predicted octanol–water partition coefficient (Wildman–Crippen LogP) is 1.05. The maximum Gasteiger partial charge on any atom is 0.238 e. The van der Waals surface area contributed by atoms with Crippen molar-refractivity contribution in [3.63, 3.8) is 0 Å². The van der Waals surface area contributed by atoms with Crippen molar-refractivity contribution in [1.29, 1.82) is 0 Å². The lowest BCUT2D eigenvalue weighted by molar-refractivity contribution is -0.116. The van der Waals surface area contributed by atoms with Crippen LogP contribution in [0.2, 0.25) is 0 Å². The second-order valence-corrected chi connectivity index (χ2v) is 2.37. The van der Waals surface area contributed by atoms with Gasteiger partial charge in [-0.15, -0.1) is 0 Å². The second kappa shape index (κ2) is 3.32. The summed E-state index contributed by atoms with van der Waals surface area (Å²) in [5.41, 5.74) is 0.476. The zero-order valence-corrected chi connectivity index (χ0v) is 6.62. The molecule has 0 atom stereocenters. The minimum Gasteiger partial charge on any atom is -0.273 e. The average molecular weight is 168 g/mol. The van der Waals surface area contributed by atoms with E-state index in [0.717, 1.165) is 5.01 Å². The first kappa shape index (κ1) is 8.67. The van der Waals surface area contributed by atoms with E-state index in [9.17, 15) is 9.18 Å². The number of anilines is 1. The fourth-order valence-electron chi connectivity index (χ4n) is 0.783. The molecule has 1 aromatic carbocycles. The highest BCUT2D eigenvalue weighted by Gasteiger charge is 2.04. The molecule has 0 radical (unpaired) electrons. The van der Waals surface area contributed by atoms with Crippen LogP contribution in [0.15, 0.2) is 24.3 Å². The quantitative estimate of drug-likeness (QED) is 0.387. The molecular formula is C8H9FN2O. The molecule has 12 heavy (non-hydrogen) atoms. The smallest absolute Gasteiger partial charge is 0.238 e. The molecule has 0 spiro atoms. The monoisotopic (exact) mass is 168 g/mol. The normalized spacial score (nSPS) is 9.58. The third-order valence-electron chi connectivity index (χ3n) is 1.44. The summed E-state index contributed by atoms with van der Waals surface area (Å²) in [6, 6.07) is 5.38. The average Bonchev–Trinajstić information content (AvgIpc) is 2.04. The molecule has 0 heterocycles. The van der Waals surface area contributed by atoms with Gasteiger partial charge in [0.25, 0.3) is 0 Å². The van der Waals surface area contributed by atoms with E-state index in [1.54, 1.807) is 0 Å². The number of carbonyl (C=O) groups excluding carboxylic acids is 1. The van der Waals surface area contributed by atoms with Crippen molar-refractivity contribution in [1.82, 2.24) is 0 Å². The molecule has 0 bridgehead atoms. The first-order chi connectivity index (χ1) is 5.61.